The second-order valence-electron chi connectivity index (χ2n) is 8.52. The van der Waals surface area contributed by atoms with Crippen LogP contribution in [0.1, 0.15) is 31.2 Å². The summed E-state index contributed by atoms with van der Waals surface area (Å²) >= 11 is 0. The molecule has 0 heterocycles. The quantitative estimate of drug-likeness (QED) is 0.230. The van der Waals surface area contributed by atoms with Crippen LogP contribution in [0.15, 0.2) is 82.7 Å². The van der Waals surface area contributed by atoms with Crippen molar-refractivity contribution in [1.82, 2.24) is 5.32 Å². The van der Waals surface area contributed by atoms with Crippen LogP contribution >= 0.6 is 0 Å². The molecule has 0 spiro atoms. The van der Waals surface area contributed by atoms with Crippen molar-refractivity contribution in [3.63, 3.8) is 0 Å². The zero-order valence-corrected chi connectivity index (χ0v) is 19.8. The average Bonchev–Trinajstić information content (AvgIpc) is 3.34. The molecular weight excluding hydrogens is 448 g/mol. The van der Waals surface area contributed by atoms with Gasteiger partial charge in [-0.15, -0.1) is 0 Å². The molecule has 5 N–H and O–H groups in total. The van der Waals surface area contributed by atoms with Crippen LogP contribution in [0.25, 0.3) is 11.1 Å². The van der Waals surface area contributed by atoms with Gasteiger partial charge in [0.05, 0.1) is 10.6 Å². The lowest BCUT2D eigenvalue weighted by Gasteiger charge is -2.18. The lowest BCUT2D eigenvalue weighted by Crippen LogP contribution is -2.38. The maximum absolute atomic E-state index is 11.4. The van der Waals surface area contributed by atoms with Crippen molar-refractivity contribution in [2.45, 2.75) is 43.0 Å². The molecule has 0 unspecified atom stereocenters. The fraction of sp³-hybridized carbons (Fsp3) is 0.269. The van der Waals surface area contributed by atoms with E-state index in [0.29, 0.717) is 30.7 Å². The van der Waals surface area contributed by atoms with Gasteiger partial charge in [0.2, 0.25) is 10.0 Å². The number of nitrogens with one attached hydrogen (secondary N) is 2. The van der Waals surface area contributed by atoms with Gasteiger partial charge < -0.3 is 15.7 Å². The molecule has 1 aliphatic rings. The summed E-state index contributed by atoms with van der Waals surface area (Å²) in [6.45, 7) is 0.496. The second-order valence-corrected chi connectivity index (χ2v) is 10.1. The van der Waals surface area contributed by atoms with Gasteiger partial charge in [0.15, 0.2) is 5.96 Å². The smallest absolute Gasteiger partial charge is 0.238 e. The van der Waals surface area contributed by atoms with E-state index in [1.807, 2.05) is 42.5 Å². The van der Waals surface area contributed by atoms with E-state index in [4.69, 9.17) is 10.1 Å². The Morgan fingerprint density at radius 2 is 1.68 bits per heavy atom. The van der Waals surface area contributed by atoms with Crippen molar-refractivity contribution >= 4 is 21.7 Å². The summed E-state index contributed by atoms with van der Waals surface area (Å²) in [7, 11) is -3.70. The number of aliphatic imine (C=N–C) groups is 1. The Hall–Kier alpha value is -3.36. The lowest BCUT2D eigenvalue weighted by atomic mass is 10.0. The standard InChI is InChI=1S/C26H30N4O3S/c27-34(32,33)23-13-10-19(11-14-23)16-17-28-26(29-22-8-4-5-9-22)30-24-18-21(12-15-25(24)31)20-6-2-1-3-7-20/h1-3,6-7,10-15,18,22,31H,4-5,8-9,16-17H2,(H2,27,32,33)(H2,28,29,30). The Morgan fingerprint density at radius 1 is 0.971 bits per heavy atom. The number of phenolic OH excluding ortho intramolecular Hbond substituents is 1. The minimum Gasteiger partial charge on any atom is -0.506 e. The van der Waals surface area contributed by atoms with Crippen LogP contribution in [0.3, 0.4) is 0 Å². The third-order valence-corrected chi connectivity index (χ3v) is 6.90. The highest BCUT2D eigenvalue weighted by atomic mass is 32.2. The Kier molecular flexibility index (Phi) is 7.49. The summed E-state index contributed by atoms with van der Waals surface area (Å²) < 4.78 is 22.9. The van der Waals surface area contributed by atoms with Gasteiger partial charge in [-0.3, -0.25) is 4.99 Å². The monoisotopic (exact) mass is 478 g/mol. The third-order valence-electron chi connectivity index (χ3n) is 5.98. The van der Waals surface area contributed by atoms with E-state index in [0.717, 1.165) is 29.5 Å². The molecule has 34 heavy (non-hydrogen) atoms. The van der Waals surface area contributed by atoms with E-state index in [1.165, 1.54) is 25.0 Å². The predicted molar refractivity (Wildman–Crippen MR) is 136 cm³/mol. The van der Waals surface area contributed by atoms with Gasteiger partial charge in [-0.1, -0.05) is 61.4 Å². The number of anilines is 1. The average molecular weight is 479 g/mol. The maximum Gasteiger partial charge on any atom is 0.238 e. The fourth-order valence-corrected chi connectivity index (χ4v) is 4.62. The van der Waals surface area contributed by atoms with Crippen molar-refractivity contribution in [3.05, 3.63) is 78.4 Å². The molecule has 0 atom stereocenters. The predicted octanol–water partition coefficient (Wildman–Crippen LogP) is 4.25. The minimum atomic E-state index is -3.70. The van der Waals surface area contributed by atoms with Crippen LogP contribution in [0, 0.1) is 0 Å². The van der Waals surface area contributed by atoms with E-state index in [1.54, 1.807) is 18.2 Å². The maximum atomic E-state index is 11.4. The van der Waals surface area contributed by atoms with E-state index in [9.17, 15) is 13.5 Å². The van der Waals surface area contributed by atoms with E-state index < -0.39 is 10.0 Å². The van der Waals surface area contributed by atoms with Crippen LogP contribution in [-0.4, -0.2) is 32.1 Å². The number of nitrogens with two attached hydrogens (primary N) is 1. The summed E-state index contributed by atoms with van der Waals surface area (Å²) in [6, 6.07) is 22.4. The first-order chi connectivity index (χ1) is 16.4. The Balaban J connectivity index is 1.50. The van der Waals surface area contributed by atoms with Crippen LogP contribution in [-0.2, 0) is 16.4 Å². The zero-order valence-electron chi connectivity index (χ0n) is 18.9. The number of hydrogen-bond acceptors (Lipinski definition) is 4. The van der Waals surface area contributed by atoms with Crippen molar-refractivity contribution in [2.75, 3.05) is 11.9 Å². The number of primary sulfonamides is 1. The summed E-state index contributed by atoms with van der Waals surface area (Å²) in [5.41, 5.74) is 3.61. The first-order valence-corrected chi connectivity index (χ1v) is 13.0. The van der Waals surface area contributed by atoms with Gasteiger partial charge in [0.25, 0.3) is 0 Å². The lowest BCUT2D eigenvalue weighted by molar-refractivity contribution is 0.478. The molecule has 1 saturated carbocycles. The number of guanidine groups is 1. The fourth-order valence-electron chi connectivity index (χ4n) is 4.10. The van der Waals surface area contributed by atoms with Gasteiger partial charge in [-0.05, 0) is 60.2 Å². The van der Waals surface area contributed by atoms with Crippen molar-refractivity contribution in [1.29, 1.82) is 0 Å². The molecule has 0 amide bonds. The molecule has 0 radical (unpaired) electrons. The minimum absolute atomic E-state index is 0.0961. The molecule has 3 aromatic carbocycles. The first kappa shape index (κ1) is 23.8. The van der Waals surface area contributed by atoms with E-state index >= 15 is 0 Å². The molecule has 0 aromatic heterocycles. The number of phenols is 1. The molecule has 8 heteroatoms. The second kappa shape index (κ2) is 10.7. The molecular formula is C26H30N4O3S. The molecule has 0 aliphatic heterocycles. The number of benzene rings is 3. The number of aromatic hydroxyl groups is 1. The summed E-state index contributed by atoms with van der Waals surface area (Å²) in [6.07, 6.45) is 5.20. The molecule has 4 rings (SSSR count). The highest BCUT2D eigenvalue weighted by molar-refractivity contribution is 7.89. The van der Waals surface area contributed by atoms with Crippen LogP contribution in [0.2, 0.25) is 0 Å². The molecule has 178 valence electrons. The highest BCUT2D eigenvalue weighted by Gasteiger charge is 2.17. The molecule has 3 aromatic rings. The molecule has 7 nitrogen and oxygen atoms in total. The summed E-state index contributed by atoms with van der Waals surface area (Å²) in [5.74, 6) is 0.771. The zero-order chi connectivity index (χ0) is 24.0. The van der Waals surface area contributed by atoms with E-state index in [-0.39, 0.29) is 10.6 Å². The van der Waals surface area contributed by atoms with Crippen LogP contribution < -0.4 is 15.8 Å². The van der Waals surface area contributed by atoms with Gasteiger partial charge in [-0.2, -0.15) is 0 Å². The normalized spacial score (nSPS) is 14.8. The summed E-state index contributed by atoms with van der Waals surface area (Å²) in [4.78, 5) is 4.83. The Bertz CT molecular complexity index is 1240. The van der Waals surface area contributed by atoms with Gasteiger partial charge >= 0.3 is 0 Å². The van der Waals surface area contributed by atoms with Crippen molar-refractivity contribution < 1.29 is 13.5 Å². The SMILES string of the molecule is NS(=O)(=O)c1ccc(CCN=C(Nc2cc(-c3ccccc3)ccc2O)NC2CCCC2)cc1. The molecule has 1 aliphatic carbocycles. The van der Waals surface area contributed by atoms with Gasteiger partial charge in [-0.25, -0.2) is 13.6 Å². The number of nitrogens with zero attached hydrogens (tertiary/aromatic N) is 1. The molecule has 1 fully saturated rings. The van der Waals surface area contributed by atoms with Crippen LogP contribution in [0.5, 0.6) is 5.75 Å². The number of sulfonamides is 1. The first-order valence-electron chi connectivity index (χ1n) is 11.5. The molecule has 0 saturated heterocycles. The number of rotatable bonds is 7. The summed E-state index contributed by atoms with van der Waals surface area (Å²) in [5, 5.41) is 22.4. The van der Waals surface area contributed by atoms with Crippen molar-refractivity contribution in [3.8, 4) is 16.9 Å². The van der Waals surface area contributed by atoms with Crippen molar-refractivity contribution in [2.24, 2.45) is 10.1 Å². The van der Waals surface area contributed by atoms with E-state index in [2.05, 4.69) is 10.6 Å². The Morgan fingerprint density at radius 3 is 2.35 bits per heavy atom. The molecule has 0 bridgehead atoms. The topological polar surface area (TPSA) is 117 Å². The van der Waals surface area contributed by atoms with Crippen LogP contribution in [0.4, 0.5) is 5.69 Å². The Labute approximate surface area is 200 Å². The van der Waals surface area contributed by atoms with Gasteiger partial charge in [0.1, 0.15) is 5.75 Å². The number of hydrogen-bond donors (Lipinski definition) is 4. The largest absolute Gasteiger partial charge is 0.506 e. The van der Waals surface area contributed by atoms with Gasteiger partial charge in [0, 0.05) is 12.6 Å². The third kappa shape index (κ3) is 6.36. The highest BCUT2D eigenvalue weighted by Crippen LogP contribution is 2.30.